The van der Waals surface area contributed by atoms with Crippen molar-refractivity contribution in [2.75, 3.05) is 5.75 Å². The normalized spacial score (nSPS) is 16.0. The molecular formula is C6H14NO2S+. The Morgan fingerprint density at radius 1 is 1.80 bits per heavy atom. The highest BCUT2D eigenvalue weighted by molar-refractivity contribution is 7.80. The van der Waals surface area contributed by atoms with E-state index in [1.54, 1.807) is 0 Å². The zero-order valence-corrected chi connectivity index (χ0v) is 7.23. The highest BCUT2D eigenvalue weighted by atomic mass is 32.1. The SMILES string of the molecule is CC(=O)OC(CS)C(C)[NH3+]. The van der Waals surface area contributed by atoms with Crippen LogP contribution < -0.4 is 5.73 Å². The number of hydrogen-bond acceptors (Lipinski definition) is 3. The molecular weight excluding hydrogens is 150 g/mol. The predicted octanol–water partition coefficient (Wildman–Crippen LogP) is -0.522. The molecule has 0 saturated carbocycles. The Morgan fingerprint density at radius 3 is 2.40 bits per heavy atom. The first-order valence-corrected chi connectivity index (χ1v) is 3.82. The minimum Gasteiger partial charge on any atom is -0.455 e. The summed E-state index contributed by atoms with van der Waals surface area (Å²) in [7, 11) is 0. The van der Waals surface area contributed by atoms with Crippen molar-refractivity contribution in [2.45, 2.75) is 26.0 Å². The van der Waals surface area contributed by atoms with E-state index >= 15 is 0 Å². The number of carbonyl (C=O) groups excluding carboxylic acids is 1. The summed E-state index contributed by atoms with van der Waals surface area (Å²) in [6, 6.07) is 0.0985. The van der Waals surface area contributed by atoms with Gasteiger partial charge in [-0.1, -0.05) is 0 Å². The van der Waals surface area contributed by atoms with Crippen LogP contribution in [0.5, 0.6) is 0 Å². The first kappa shape index (κ1) is 9.78. The van der Waals surface area contributed by atoms with Crippen LogP contribution in [0.1, 0.15) is 13.8 Å². The summed E-state index contributed by atoms with van der Waals surface area (Å²) in [4.78, 5) is 10.4. The number of carbonyl (C=O) groups is 1. The number of hydrogen-bond donors (Lipinski definition) is 2. The van der Waals surface area contributed by atoms with Crippen molar-refractivity contribution in [3.63, 3.8) is 0 Å². The van der Waals surface area contributed by atoms with Gasteiger partial charge in [-0.15, -0.1) is 0 Å². The van der Waals surface area contributed by atoms with Crippen LogP contribution in [0.3, 0.4) is 0 Å². The fourth-order valence-electron chi connectivity index (χ4n) is 0.547. The van der Waals surface area contributed by atoms with Gasteiger partial charge in [-0.3, -0.25) is 4.79 Å². The van der Waals surface area contributed by atoms with Gasteiger partial charge in [0, 0.05) is 12.7 Å². The summed E-state index contributed by atoms with van der Waals surface area (Å²) >= 11 is 4.01. The Hall–Kier alpha value is -0.220. The molecule has 4 heteroatoms. The Kier molecular flexibility index (Phi) is 4.47. The summed E-state index contributed by atoms with van der Waals surface area (Å²) in [5.74, 6) is 0.263. The van der Waals surface area contributed by atoms with E-state index in [0.717, 1.165) is 0 Å². The molecule has 0 aliphatic heterocycles. The van der Waals surface area contributed by atoms with Crippen LogP contribution in [-0.4, -0.2) is 23.9 Å². The van der Waals surface area contributed by atoms with E-state index < -0.39 is 0 Å². The number of esters is 1. The minimum atomic E-state index is -0.269. The molecule has 0 spiro atoms. The molecule has 3 nitrogen and oxygen atoms in total. The van der Waals surface area contributed by atoms with Gasteiger partial charge in [-0.25, -0.2) is 0 Å². The van der Waals surface area contributed by atoms with Crippen molar-refractivity contribution in [3.8, 4) is 0 Å². The molecule has 0 aromatic rings. The largest absolute Gasteiger partial charge is 0.455 e. The van der Waals surface area contributed by atoms with Gasteiger partial charge in [0.25, 0.3) is 0 Å². The van der Waals surface area contributed by atoms with Gasteiger partial charge in [0.2, 0.25) is 0 Å². The first-order valence-electron chi connectivity index (χ1n) is 3.19. The molecule has 0 amide bonds. The fraction of sp³-hybridized carbons (Fsp3) is 0.833. The predicted molar refractivity (Wildman–Crippen MR) is 41.8 cm³/mol. The highest BCUT2D eigenvalue weighted by Crippen LogP contribution is 1.97. The lowest BCUT2D eigenvalue weighted by Crippen LogP contribution is -2.65. The van der Waals surface area contributed by atoms with Gasteiger partial charge in [-0.2, -0.15) is 12.6 Å². The van der Waals surface area contributed by atoms with Crippen molar-refractivity contribution in [2.24, 2.45) is 0 Å². The van der Waals surface area contributed by atoms with Gasteiger partial charge >= 0.3 is 5.97 Å². The molecule has 0 rings (SSSR count). The number of quaternary nitrogens is 1. The minimum absolute atomic E-state index is 0.0985. The van der Waals surface area contributed by atoms with Crippen molar-refractivity contribution in [3.05, 3.63) is 0 Å². The lowest BCUT2D eigenvalue weighted by Gasteiger charge is -2.14. The van der Waals surface area contributed by atoms with Gasteiger partial charge in [0.1, 0.15) is 6.04 Å². The number of thiol groups is 1. The van der Waals surface area contributed by atoms with Crippen LogP contribution in [0.25, 0.3) is 0 Å². The van der Waals surface area contributed by atoms with Crippen molar-refractivity contribution in [1.82, 2.24) is 0 Å². The van der Waals surface area contributed by atoms with Gasteiger partial charge in [0.15, 0.2) is 6.10 Å². The second kappa shape index (κ2) is 4.57. The van der Waals surface area contributed by atoms with E-state index in [9.17, 15) is 4.79 Å². The second-order valence-electron chi connectivity index (χ2n) is 2.31. The van der Waals surface area contributed by atoms with E-state index in [1.165, 1.54) is 6.92 Å². The zero-order chi connectivity index (χ0) is 8.15. The molecule has 0 bridgehead atoms. The van der Waals surface area contributed by atoms with Crippen LogP contribution >= 0.6 is 12.6 Å². The average molecular weight is 164 g/mol. The summed E-state index contributed by atoms with van der Waals surface area (Å²) in [6.07, 6.45) is -0.152. The van der Waals surface area contributed by atoms with Gasteiger partial charge in [-0.05, 0) is 6.92 Å². The molecule has 0 aliphatic carbocycles. The van der Waals surface area contributed by atoms with Crippen LogP contribution in [0.15, 0.2) is 0 Å². The molecule has 0 fully saturated rings. The molecule has 2 atom stereocenters. The third-order valence-corrected chi connectivity index (χ3v) is 1.49. The zero-order valence-electron chi connectivity index (χ0n) is 6.33. The van der Waals surface area contributed by atoms with Crippen molar-refractivity contribution in [1.29, 1.82) is 0 Å². The third kappa shape index (κ3) is 3.74. The molecule has 0 aromatic carbocycles. The molecule has 10 heavy (non-hydrogen) atoms. The summed E-state index contributed by atoms with van der Waals surface area (Å²) in [5, 5.41) is 0. The molecule has 0 aliphatic rings. The molecule has 60 valence electrons. The Bertz CT molecular complexity index is 116. The standard InChI is InChI=1S/C6H13NO2S/c1-4(7)6(3-10)9-5(2)8/h4,6,10H,3,7H2,1-2H3/p+1. The van der Waals surface area contributed by atoms with E-state index in [-0.39, 0.29) is 18.1 Å². The number of rotatable bonds is 3. The van der Waals surface area contributed by atoms with Crippen LogP contribution in [-0.2, 0) is 9.53 Å². The summed E-state index contributed by atoms with van der Waals surface area (Å²) in [6.45, 7) is 3.28. The molecule has 2 unspecified atom stereocenters. The van der Waals surface area contributed by atoms with Crippen LogP contribution in [0.2, 0.25) is 0 Å². The maximum atomic E-state index is 10.4. The molecule has 0 aromatic heterocycles. The first-order chi connectivity index (χ1) is 4.57. The van der Waals surface area contributed by atoms with E-state index in [1.807, 2.05) is 6.92 Å². The van der Waals surface area contributed by atoms with E-state index in [0.29, 0.717) is 5.75 Å². The molecule has 0 heterocycles. The lowest BCUT2D eigenvalue weighted by molar-refractivity contribution is -0.429. The van der Waals surface area contributed by atoms with Gasteiger partial charge in [0.05, 0.1) is 0 Å². The van der Waals surface area contributed by atoms with Gasteiger partial charge < -0.3 is 10.5 Å². The molecule has 3 N–H and O–H groups in total. The van der Waals surface area contributed by atoms with Crippen molar-refractivity contribution >= 4 is 18.6 Å². The van der Waals surface area contributed by atoms with Crippen LogP contribution in [0, 0.1) is 0 Å². The monoisotopic (exact) mass is 164 g/mol. The summed E-state index contributed by atoms with van der Waals surface area (Å²) in [5.41, 5.74) is 3.74. The fourth-order valence-corrected chi connectivity index (χ4v) is 0.981. The lowest BCUT2D eigenvalue weighted by atomic mass is 10.2. The van der Waals surface area contributed by atoms with E-state index in [4.69, 9.17) is 4.74 Å². The molecule has 0 saturated heterocycles. The Balaban J connectivity index is 3.71. The maximum Gasteiger partial charge on any atom is 0.303 e. The Labute approximate surface area is 66.3 Å². The van der Waals surface area contributed by atoms with Crippen LogP contribution in [0.4, 0.5) is 0 Å². The highest BCUT2D eigenvalue weighted by Gasteiger charge is 2.17. The second-order valence-corrected chi connectivity index (χ2v) is 2.67. The smallest absolute Gasteiger partial charge is 0.303 e. The number of ether oxygens (including phenoxy) is 1. The quantitative estimate of drug-likeness (QED) is 0.435. The Morgan fingerprint density at radius 2 is 2.30 bits per heavy atom. The maximum absolute atomic E-state index is 10.4. The molecule has 0 radical (unpaired) electrons. The van der Waals surface area contributed by atoms with E-state index in [2.05, 4.69) is 18.4 Å². The van der Waals surface area contributed by atoms with Crippen molar-refractivity contribution < 1.29 is 15.3 Å². The average Bonchev–Trinajstić information content (AvgIpc) is 1.81. The third-order valence-electron chi connectivity index (χ3n) is 1.13. The summed E-state index contributed by atoms with van der Waals surface area (Å²) < 4.78 is 4.88. The topological polar surface area (TPSA) is 53.9 Å².